The number of benzene rings is 2. The van der Waals surface area contributed by atoms with Crippen molar-refractivity contribution in [2.75, 3.05) is 26.9 Å². The summed E-state index contributed by atoms with van der Waals surface area (Å²) in [5, 5.41) is 9.04. The number of ether oxygens (including phenoxy) is 3. The molecule has 23 heavy (non-hydrogen) atoms. The summed E-state index contributed by atoms with van der Waals surface area (Å²) in [6.07, 6.45) is 1.49. The smallest absolute Gasteiger partial charge is 0.126 e. The van der Waals surface area contributed by atoms with E-state index in [9.17, 15) is 0 Å². The van der Waals surface area contributed by atoms with Gasteiger partial charge in [0.1, 0.15) is 24.7 Å². The molecule has 0 aliphatic heterocycles. The Hall–Kier alpha value is -2.04. The summed E-state index contributed by atoms with van der Waals surface area (Å²) in [4.78, 5) is 0. The number of hydrogen-bond donors (Lipinski definition) is 1. The molecule has 2 aromatic carbocycles. The molecule has 0 aliphatic rings. The molecule has 0 heterocycles. The van der Waals surface area contributed by atoms with E-state index in [1.54, 1.807) is 7.11 Å². The second-order valence-electron chi connectivity index (χ2n) is 5.21. The van der Waals surface area contributed by atoms with Crippen molar-refractivity contribution in [3.63, 3.8) is 0 Å². The summed E-state index contributed by atoms with van der Waals surface area (Å²) in [7, 11) is 1.65. The molecule has 0 amide bonds. The van der Waals surface area contributed by atoms with E-state index in [0.717, 1.165) is 29.0 Å². The Labute approximate surface area is 137 Å². The van der Waals surface area contributed by atoms with Crippen LogP contribution in [0.5, 0.6) is 11.5 Å². The molecule has 4 nitrogen and oxygen atoms in total. The van der Waals surface area contributed by atoms with Crippen LogP contribution in [0.15, 0.2) is 48.5 Å². The van der Waals surface area contributed by atoms with Crippen LogP contribution in [0.3, 0.4) is 0 Å². The summed E-state index contributed by atoms with van der Waals surface area (Å²) in [5.41, 5.74) is 2.19. The van der Waals surface area contributed by atoms with Crippen LogP contribution >= 0.6 is 0 Å². The van der Waals surface area contributed by atoms with Crippen molar-refractivity contribution in [2.24, 2.45) is 0 Å². The van der Waals surface area contributed by atoms with Gasteiger partial charge in [-0.05, 0) is 30.0 Å². The summed E-state index contributed by atoms with van der Waals surface area (Å²) < 4.78 is 16.6. The van der Waals surface area contributed by atoms with Crippen molar-refractivity contribution in [3.05, 3.63) is 59.7 Å². The summed E-state index contributed by atoms with van der Waals surface area (Å²) in [6.45, 7) is 1.73. The summed E-state index contributed by atoms with van der Waals surface area (Å²) in [6, 6.07) is 15.9. The Morgan fingerprint density at radius 2 is 1.78 bits per heavy atom. The standard InChI is InChI=1S/C19H24O4/c1-21-12-13-22-18-10-9-17(8-5-11-20)19(14-18)23-15-16-6-3-2-4-7-16/h2-4,6-7,9-10,14,20H,5,8,11-13,15H2,1H3. The number of methoxy groups -OCH3 is 1. The molecule has 1 N–H and O–H groups in total. The van der Waals surface area contributed by atoms with E-state index in [0.29, 0.717) is 26.2 Å². The van der Waals surface area contributed by atoms with Gasteiger partial charge in [-0.3, -0.25) is 0 Å². The zero-order valence-electron chi connectivity index (χ0n) is 13.5. The second-order valence-corrected chi connectivity index (χ2v) is 5.21. The average Bonchev–Trinajstić information content (AvgIpc) is 2.60. The number of rotatable bonds is 10. The third-order valence-corrected chi connectivity index (χ3v) is 3.44. The quantitative estimate of drug-likeness (QED) is 0.684. The minimum Gasteiger partial charge on any atom is -0.491 e. The Morgan fingerprint density at radius 3 is 2.52 bits per heavy atom. The van der Waals surface area contributed by atoms with E-state index < -0.39 is 0 Å². The average molecular weight is 316 g/mol. The first-order chi connectivity index (χ1) is 11.3. The first kappa shape index (κ1) is 17.3. The van der Waals surface area contributed by atoms with Gasteiger partial charge in [-0.1, -0.05) is 36.4 Å². The minimum atomic E-state index is 0.171. The van der Waals surface area contributed by atoms with Gasteiger partial charge in [0.05, 0.1) is 6.61 Å². The number of hydrogen-bond acceptors (Lipinski definition) is 4. The normalized spacial score (nSPS) is 10.5. The van der Waals surface area contributed by atoms with Gasteiger partial charge in [0.25, 0.3) is 0 Å². The molecule has 0 atom stereocenters. The molecular formula is C19H24O4. The molecule has 0 aliphatic carbocycles. The molecule has 0 saturated heterocycles. The summed E-state index contributed by atoms with van der Waals surface area (Å²) >= 11 is 0. The lowest BCUT2D eigenvalue weighted by atomic mass is 10.1. The Bertz CT molecular complexity index is 569. The lowest BCUT2D eigenvalue weighted by Crippen LogP contribution is -2.05. The van der Waals surface area contributed by atoms with Gasteiger partial charge in [-0.2, -0.15) is 0 Å². The maximum absolute atomic E-state index is 9.04. The first-order valence-corrected chi connectivity index (χ1v) is 7.85. The summed E-state index contributed by atoms with van der Waals surface area (Å²) in [5.74, 6) is 1.56. The van der Waals surface area contributed by atoms with Crippen molar-refractivity contribution in [2.45, 2.75) is 19.4 Å². The topological polar surface area (TPSA) is 47.9 Å². The first-order valence-electron chi connectivity index (χ1n) is 7.85. The fraction of sp³-hybridized carbons (Fsp3) is 0.368. The highest BCUT2D eigenvalue weighted by molar-refractivity contribution is 5.41. The van der Waals surface area contributed by atoms with Crippen LogP contribution in [0.1, 0.15) is 17.5 Å². The van der Waals surface area contributed by atoms with E-state index in [1.807, 2.05) is 48.5 Å². The van der Waals surface area contributed by atoms with Crippen LogP contribution in [0, 0.1) is 0 Å². The van der Waals surface area contributed by atoms with E-state index in [1.165, 1.54) is 0 Å². The van der Waals surface area contributed by atoms with Crippen LogP contribution in [-0.2, 0) is 17.8 Å². The highest BCUT2D eigenvalue weighted by Gasteiger charge is 2.07. The Morgan fingerprint density at radius 1 is 0.957 bits per heavy atom. The second kappa shape index (κ2) is 9.87. The number of aliphatic hydroxyl groups excluding tert-OH is 1. The SMILES string of the molecule is COCCOc1ccc(CCCO)c(OCc2ccccc2)c1. The van der Waals surface area contributed by atoms with Gasteiger partial charge in [0.15, 0.2) is 0 Å². The lowest BCUT2D eigenvalue weighted by Gasteiger charge is -2.14. The monoisotopic (exact) mass is 316 g/mol. The van der Waals surface area contributed by atoms with Crippen LogP contribution in [0.25, 0.3) is 0 Å². The molecule has 124 valence electrons. The van der Waals surface area contributed by atoms with E-state index in [2.05, 4.69) is 0 Å². The van der Waals surface area contributed by atoms with E-state index >= 15 is 0 Å². The van der Waals surface area contributed by atoms with Crippen molar-refractivity contribution in [1.82, 2.24) is 0 Å². The van der Waals surface area contributed by atoms with E-state index in [4.69, 9.17) is 19.3 Å². The van der Waals surface area contributed by atoms with Gasteiger partial charge in [0.2, 0.25) is 0 Å². The third-order valence-electron chi connectivity index (χ3n) is 3.44. The third kappa shape index (κ3) is 5.93. The zero-order valence-corrected chi connectivity index (χ0v) is 13.5. The van der Waals surface area contributed by atoms with Crippen LogP contribution in [-0.4, -0.2) is 32.0 Å². The Balaban J connectivity index is 2.06. The van der Waals surface area contributed by atoms with Crippen LogP contribution in [0.4, 0.5) is 0 Å². The molecule has 2 aromatic rings. The van der Waals surface area contributed by atoms with Gasteiger partial charge in [0, 0.05) is 19.8 Å². The fourth-order valence-corrected chi connectivity index (χ4v) is 2.21. The van der Waals surface area contributed by atoms with E-state index in [-0.39, 0.29) is 6.61 Å². The highest BCUT2D eigenvalue weighted by Crippen LogP contribution is 2.27. The molecule has 0 saturated carbocycles. The fourth-order valence-electron chi connectivity index (χ4n) is 2.21. The molecule has 0 bridgehead atoms. The molecule has 4 heteroatoms. The molecule has 2 rings (SSSR count). The highest BCUT2D eigenvalue weighted by atomic mass is 16.5. The largest absolute Gasteiger partial charge is 0.491 e. The van der Waals surface area contributed by atoms with Gasteiger partial charge in [-0.15, -0.1) is 0 Å². The van der Waals surface area contributed by atoms with Crippen molar-refractivity contribution in [1.29, 1.82) is 0 Å². The predicted octanol–water partition coefficient (Wildman–Crippen LogP) is 3.22. The lowest BCUT2D eigenvalue weighted by molar-refractivity contribution is 0.146. The van der Waals surface area contributed by atoms with Gasteiger partial charge in [-0.25, -0.2) is 0 Å². The molecule has 0 radical (unpaired) electrons. The van der Waals surface area contributed by atoms with Crippen molar-refractivity contribution < 1.29 is 19.3 Å². The molecule has 0 spiro atoms. The number of aryl methyl sites for hydroxylation is 1. The van der Waals surface area contributed by atoms with Crippen molar-refractivity contribution in [3.8, 4) is 11.5 Å². The maximum Gasteiger partial charge on any atom is 0.126 e. The van der Waals surface area contributed by atoms with Gasteiger partial charge < -0.3 is 19.3 Å². The Kier molecular flexibility index (Phi) is 7.43. The molecular weight excluding hydrogens is 292 g/mol. The maximum atomic E-state index is 9.04. The van der Waals surface area contributed by atoms with Gasteiger partial charge >= 0.3 is 0 Å². The number of aliphatic hydroxyl groups is 1. The minimum absolute atomic E-state index is 0.171. The van der Waals surface area contributed by atoms with Crippen molar-refractivity contribution >= 4 is 0 Å². The molecule has 0 fully saturated rings. The zero-order chi connectivity index (χ0) is 16.3. The molecule has 0 aromatic heterocycles. The van der Waals surface area contributed by atoms with Crippen LogP contribution < -0.4 is 9.47 Å². The van der Waals surface area contributed by atoms with Crippen LogP contribution in [0.2, 0.25) is 0 Å². The molecule has 0 unspecified atom stereocenters. The predicted molar refractivity (Wildman–Crippen MR) is 90.0 cm³/mol.